The predicted molar refractivity (Wildman–Crippen MR) is 122 cm³/mol. The van der Waals surface area contributed by atoms with Crippen molar-refractivity contribution in [3.05, 3.63) is 34.3 Å². The lowest BCUT2D eigenvalue weighted by Crippen LogP contribution is -2.50. The molecule has 1 aromatic carbocycles. The molecule has 2 aliphatic carbocycles. The van der Waals surface area contributed by atoms with Gasteiger partial charge in [-0.1, -0.05) is 43.6 Å². The van der Waals surface area contributed by atoms with Gasteiger partial charge in [-0.15, -0.1) is 0 Å². The number of hydrazone groups is 1. The summed E-state index contributed by atoms with van der Waals surface area (Å²) in [5.74, 6) is 0.778. The van der Waals surface area contributed by atoms with Crippen LogP contribution in [0.5, 0.6) is 0 Å². The summed E-state index contributed by atoms with van der Waals surface area (Å²) in [6, 6.07) is 7.23. The molecule has 2 amide bonds. The largest absolute Gasteiger partial charge is 0.342 e. The van der Waals surface area contributed by atoms with Gasteiger partial charge in [0.25, 0.3) is 5.91 Å². The first-order chi connectivity index (χ1) is 14.1. The van der Waals surface area contributed by atoms with E-state index < -0.39 is 5.41 Å². The average molecular weight is 474 g/mol. The van der Waals surface area contributed by atoms with Gasteiger partial charge in [-0.3, -0.25) is 9.59 Å². The van der Waals surface area contributed by atoms with Gasteiger partial charge in [-0.25, -0.2) is 5.43 Å². The molecular weight excluding hydrogens is 442 g/mol. The van der Waals surface area contributed by atoms with Crippen LogP contribution in [0, 0.1) is 22.2 Å². The van der Waals surface area contributed by atoms with Crippen molar-refractivity contribution in [3.63, 3.8) is 0 Å². The zero-order valence-electron chi connectivity index (χ0n) is 18.4. The van der Waals surface area contributed by atoms with Crippen LogP contribution in [0.3, 0.4) is 0 Å². The Hall–Kier alpha value is -1.69. The SMILES string of the molecule is CC1CCN(C(=O)[C@@]23CC[C@](C)(/C(=N\NC(=O)c4ccc(Br)cc4)C2)C3(C)C)CC1. The molecule has 1 aromatic rings. The minimum Gasteiger partial charge on any atom is -0.342 e. The summed E-state index contributed by atoms with van der Waals surface area (Å²) in [6.07, 6.45) is 4.65. The molecule has 5 nitrogen and oxygen atoms in total. The number of carbonyl (C=O) groups is 2. The number of hydrogen-bond acceptors (Lipinski definition) is 3. The summed E-state index contributed by atoms with van der Waals surface area (Å²) in [5.41, 5.74) is 3.50. The molecule has 4 rings (SSSR count). The van der Waals surface area contributed by atoms with Crippen molar-refractivity contribution < 1.29 is 9.59 Å². The standard InChI is InChI=1S/C24H32BrN3O2/c1-16-9-13-28(14-10-16)21(30)24-12-11-23(4,22(24,2)3)19(15-24)26-27-20(29)17-5-7-18(25)8-6-17/h5-8,16H,9-15H2,1-4H3,(H,27,29)/b26-19-/t23-,24-/m1/s1. The molecule has 30 heavy (non-hydrogen) atoms. The van der Waals surface area contributed by atoms with Crippen LogP contribution in [0.15, 0.2) is 33.8 Å². The number of benzene rings is 1. The number of halogens is 1. The van der Waals surface area contributed by atoms with Crippen molar-refractivity contribution in [1.29, 1.82) is 0 Å². The molecule has 3 fully saturated rings. The average Bonchev–Trinajstić information content (AvgIpc) is 3.03. The lowest BCUT2D eigenvalue weighted by atomic mass is 9.64. The Morgan fingerprint density at radius 3 is 2.37 bits per heavy atom. The highest BCUT2D eigenvalue weighted by Gasteiger charge is 2.72. The van der Waals surface area contributed by atoms with Crippen LogP contribution >= 0.6 is 15.9 Å². The lowest BCUT2D eigenvalue weighted by Gasteiger charge is -2.43. The van der Waals surface area contributed by atoms with E-state index in [-0.39, 0.29) is 16.7 Å². The molecule has 1 saturated heterocycles. The number of nitrogens with one attached hydrogen (secondary N) is 1. The van der Waals surface area contributed by atoms with Crippen molar-refractivity contribution in [1.82, 2.24) is 10.3 Å². The van der Waals surface area contributed by atoms with Gasteiger partial charge in [-0.2, -0.15) is 5.10 Å². The highest BCUT2D eigenvalue weighted by Crippen LogP contribution is 2.71. The Morgan fingerprint density at radius 2 is 1.73 bits per heavy atom. The molecule has 1 aliphatic heterocycles. The molecule has 162 valence electrons. The quantitative estimate of drug-likeness (QED) is 0.626. The number of carbonyl (C=O) groups excluding carboxylic acids is 2. The number of rotatable bonds is 3. The smallest absolute Gasteiger partial charge is 0.271 e. The van der Waals surface area contributed by atoms with Crippen LogP contribution in [-0.4, -0.2) is 35.5 Å². The monoisotopic (exact) mass is 473 g/mol. The van der Waals surface area contributed by atoms with Crippen molar-refractivity contribution >= 4 is 33.5 Å². The Kier molecular flexibility index (Phi) is 5.36. The van der Waals surface area contributed by atoms with Gasteiger partial charge < -0.3 is 4.90 Å². The topological polar surface area (TPSA) is 61.8 Å². The van der Waals surface area contributed by atoms with Gasteiger partial charge in [0.15, 0.2) is 0 Å². The third-order valence-electron chi connectivity index (χ3n) is 8.61. The summed E-state index contributed by atoms with van der Waals surface area (Å²) in [7, 11) is 0. The number of fused-ring (bicyclic) bond motifs is 2. The van der Waals surface area contributed by atoms with Crippen LogP contribution in [0.4, 0.5) is 0 Å². The molecule has 0 spiro atoms. The maximum absolute atomic E-state index is 13.8. The minimum atomic E-state index is -0.413. The molecule has 2 bridgehead atoms. The fourth-order valence-electron chi connectivity index (χ4n) is 5.82. The second-order valence-electron chi connectivity index (χ2n) is 10.2. The van der Waals surface area contributed by atoms with Crippen molar-refractivity contribution in [3.8, 4) is 0 Å². The number of nitrogens with zero attached hydrogens (tertiary/aromatic N) is 2. The van der Waals surface area contributed by atoms with Crippen LogP contribution < -0.4 is 5.43 Å². The first-order valence-corrected chi connectivity index (χ1v) is 11.8. The third-order valence-corrected chi connectivity index (χ3v) is 9.14. The van der Waals surface area contributed by atoms with Gasteiger partial charge in [-0.05, 0) is 61.3 Å². The molecule has 0 unspecified atom stereocenters. The molecule has 2 atom stereocenters. The third kappa shape index (κ3) is 3.14. The van der Waals surface area contributed by atoms with E-state index in [1.54, 1.807) is 12.1 Å². The molecule has 3 aliphatic rings. The van der Waals surface area contributed by atoms with Crippen LogP contribution in [0.2, 0.25) is 0 Å². The van der Waals surface area contributed by atoms with E-state index in [9.17, 15) is 9.59 Å². The second-order valence-corrected chi connectivity index (χ2v) is 11.1. The molecule has 1 heterocycles. The molecule has 0 radical (unpaired) electrons. The number of likely N-dealkylation sites (tertiary alicyclic amines) is 1. The number of piperidine rings is 1. The first kappa shape index (κ1) is 21.5. The second kappa shape index (κ2) is 7.47. The zero-order valence-corrected chi connectivity index (χ0v) is 20.0. The van der Waals surface area contributed by atoms with E-state index >= 15 is 0 Å². The van der Waals surface area contributed by atoms with Gasteiger partial charge in [0.1, 0.15) is 0 Å². The number of amides is 2. The van der Waals surface area contributed by atoms with Crippen LogP contribution in [-0.2, 0) is 4.79 Å². The maximum atomic E-state index is 13.8. The Labute approximate surface area is 187 Å². The summed E-state index contributed by atoms with van der Waals surface area (Å²) in [5, 5.41) is 4.59. The lowest BCUT2D eigenvalue weighted by molar-refractivity contribution is -0.148. The van der Waals surface area contributed by atoms with E-state index in [0.29, 0.717) is 23.8 Å². The van der Waals surface area contributed by atoms with Crippen molar-refractivity contribution in [2.75, 3.05) is 13.1 Å². The zero-order chi connectivity index (χ0) is 21.7. The predicted octanol–water partition coefficient (Wildman–Crippen LogP) is 5.01. The van der Waals surface area contributed by atoms with E-state index in [2.05, 4.69) is 59.1 Å². The summed E-state index contributed by atoms with van der Waals surface area (Å²) >= 11 is 3.39. The van der Waals surface area contributed by atoms with Gasteiger partial charge >= 0.3 is 0 Å². The molecular formula is C24H32BrN3O2. The van der Waals surface area contributed by atoms with Crippen molar-refractivity contribution in [2.45, 2.75) is 59.8 Å². The normalized spacial score (nSPS) is 31.9. The van der Waals surface area contributed by atoms with Crippen molar-refractivity contribution in [2.24, 2.45) is 27.3 Å². The minimum absolute atomic E-state index is 0.182. The van der Waals surface area contributed by atoms with Crippen LogP contribution in [0.1, 0.15) is 70.2 Å². The van der Waals surface area contributed by atoms with E-state index in [4.69, 9.17) is 0 Å². The number of hydrogen-bond donors (Lipinski definition) is 1. The van der Waals surface area contributed by atoms with E-state index in [1.165, 1.54) is 0 Å². The van der Waals surface area contributed by atoms with Crippen LogP contribution in [0.25, 0.3) is 0 Å². The van der Waals surface area contributed by atoms with Gasteiger partial charge in [0.2, 0.25) is 5.91 Å². The molecule has 0 aromatic heterocycles. The first-order valence-electron chi connectivity index (χ1n) is 11.0. The molecule has 2 saturated carbocycles. The summed E-state index contributed by atoms with van der Waals surface area (Å²) in [6.45, 7) is 10.7. The Morgan fingerprint density at radius 1 is 1.10 bits per heavy atom. The Balaban J connectivity index is 1.57. The van der Waals surface area contributed by atoms with Gasteiger partial charge in [0.05, 0.1) is 5.41 Å². The highest BCUT2D eigenvalue weighted by molar-refractivity contribution is 9.10. The Bertz CT molecular complexity index is 886. The highest BCUT2D eigenvalue weighted by atomic mass is 79.9. The molecule has 6 heteroatoms. The molecule has 1 N–H and O–H groups in total. The fourth-order valence-corrected chi connectivity index (χ4v) is 6.09. The van der Waals surface area contributed by atoms with E-state index in [0.717, 1.165) is 49.0 Å². The fraction of sp³-hybridized carbons (Fsp3) is 0.625. The van der Waals surface area contributed by atoms with E-state index in [1.807, 2.05) is 12.1 Å². The summed E-state index contributed by atoms with van der Waals surface area (Å²) in [4.78, 5) is 28.4. The summed E-state index contributed by atoms with van der Waals surface area (Å²) < 4.78 is 0.931. The van der Waals surface area contributed by atoms with Gasteiger partial charge in [0, 0.05) is 40.7 Å². The maximum Gasteiger partial charge on any atom is 0.271 e.